The number of carbonyl (C=O) groups excluding carboxylic acids is 1. The maximum atomic E-state index is 11.8. The van der Waals surface area contributed by atoms with E-state index in [1.54, 1.807) is 12.1 Å². The molecular weight excluding hydrogens is 256 g/mol. The maximum Gasteiger partial charge on any atom is 0.340 e. The first-order chi connectivity index (χ1) is 9.66. The van der Waals surface area contributed by atoms with Crippen molar-refractivity contribution in [2.24, 2.45) is 0 Å². The monoisotopic (exact) mass is 272 g/mol. The molecule has 5 heteroatoms. The summed E-state index contributed by atoms with van der Waals surface area (Å²) in [4.78, 5) is 11.8. The van der Waals surface area contributed by atoms with Crippen LogP contribution in [0.4, 0.5) is 11.4 Å². The van der Waals surface area contributed by atoms with E-state index in [4.69, 9.17) is 20.9 Å². The molecule has 0 heterocycles. The van der Waals surface area contributed by atoms with Gasteiger partial charge in [-0.15, -0.1) is 0 Å². The molecule has 20 heavy (non-hydrogen) atoms. The number of hydrogen-bond acceptors (Lipinski definition) is 5. The van der Waals surface area contributed by atoms with Crippen molar-refractivity contribution in [3.63, 3.8) is 0 Å². The topological polar surface area (TPSA) is 87.6 Å². The van der Waals surface area contributed by atoms with E-state index >= 15 is 0 Å². The van der Waals surface area contributed by atoms with Crippen molar-refractivity contribution in [2.75, 3.05) is 24.7 Å². The molecule has 5 nitrogen and oxygen atoms in total. The van der Waals surface area contributed by atoms with Gasteiger partial charge in [0.2, 0.25) is 0 Å². The van der Waals surface area contributed by atoms with Gasteiger partial charge in [-0.05, 0) is 30.3 Å². The van der Waals surface area contributed by atoms with Gasteiger partial charge in [-0.2, -0.15) is 0 Å². The highest BCUT2D eigenvalue weighted by Crippen LogP contribution is 2.16. The number of rotatable bonds is 5. The third-order valence-electron chi connectivity index (χ3n) is 2.62. The number of carbonyl (C=O) groups is 1. The Hall–Kier alpha value is -2.69. The zero-order valence-corrected chi connectivity index (χ0v) is 10.9. The van der Waals surface area contributed by atoms with Crippen LogP contribution < -0.4 is 16.2 Å². The van der Waals surface area contributed by atoms with Crippen LogP contribution in [0.2, 0.25) is 0 Å². The van der Waals surface area contributed by atoms with E-state index in [1.807, 2.05) is 30.3 Å². The first-order valence-electron chi connectivity index (χ1n) is 6.17. The molecular formula is C15H16N2O3. The predicted octanol–water partition coefficient (Wildman–Crippen LogP) is 2.09. The van der Waals surface area contributed by atoms with Crippen molar-refractivity contribution in [1.82, 2.24) is 0 Å². The van der Waals surface area contributed by atoms with Crippen LogP contribution in [0.5, 0.6) is 5.75 Å². The van der Waals surface area contributed by atoms with E-state index in [2.05, 4.69) is 0 Å². The third kappa shape index (κ3) is 3.65. The fourth-order valence-electron chi connectivity index (χ4n) is 1.66. The molecule has 0 saturated heterocycles. The Morgan fingerprint density at radius 3 is 2.45 bits per heavy atom. The zero-order chi connectivity index (χ0) is 14.4. The predicted molar refractivity (Wildman–Crippen MR) is 77.5 cm³/mol. The van der Waals surface area contributed by atoms with E-state index in [0.29, 0.717) is 16.9 Å². The minimum atomic E-state index is -0.487. The van der Waals surface area contributed by atoms with Crippen LogP contribution in [0.15, 0.2) is 48.5 Å². The number of hydrogen-bond donors (Lipinski definition) is 2. The van der Waals surface area contributed by atoms with Crippen LogP contribution in [-0.4, -0.2) is 19.2 Å². The Balaban J connectivity index is 1.80. The summed E-state index contributed by atoms with van der Waals surface area (Å²) < 4.78 is 10.5. The van der Waals surface area contributed by atoms with Crippen LogP contribution in [-0.2, 0) is 4.74 Å². The fourth-order valence-corrected chi connectivity index (χ4v) is 1.66. The summed E-state index contributed by atoms with van der Waals surface area (Å²) in [6.07, 6.45) is 0. The van der Waals surface area contributed by atoms with Gasteiger partial charge in [0.1, 0.15) is 19.0 Å². The van der Waals surface area contributed by atoms with E-state index in [9.17, 15) is 4.79 Å². The molecule has 0 atom stereocenters. The summed E-state index contributed by atoms with van der Waals surface area (Å²) in [6, 6.07) is 14.0. The molecule has 4 N–H and O–H groups in total. The smallest absolute Gasteiger partial charge is 0.340 e. The Morgan fingerprint density at radius 2 is 1.75 bits per heavy atom. The summed E-state index contributed by atoms with van der Waals surface area (Å²) in [7, 11) is 0. The van der Waals surface area contributed by atoms with Crippen molar-refractivity contribution >= 4 is 17.3 Å². The van der Waals surface area contributed by atoms with Crippen molar-refractivity contribution in [1.29, 1.82) is 0 Å². The van der Waals surface area contributed by atoms with Crippen LogP contribution in [0.3, 0.4) is 0 Å². The number of benzene rings is 2. The average Bonchev–Trinajstić information content (AvgIpc) is 2.44. The van der Waals surface area contributed by atoms with Gasteiger partial charge >= 0.3 is 5.97 Å². The Bertz CT molecular complexity index is 585. The lowest BCUT2D eigenvalue weighted by Gasteiger charge is -2.09. The van der Waals surface area contributed by atoms with Gasteiger partial charge < -0.3 is 20.9 Å². The minimum Gasteiger partial charge on any atom is -0.490 e. The molecule has 0 amide bonds. The van der Waals surface area contributed by atoms with Gasteiger partial charge in [0.25, 0.3) is 0 Å². The molecule has 2 aromatic carbocycles. The molecule has 0 aliphatic carbocycles. The zero-order valence-electron chi connectivity index (χ0n) is 10.9. The van der Waals surface area contributed by atoms with E-state index in [1.165, 1.54) is 6.07 Å². The second kappa shape index (κ2) is 6.47. The summed E-state index contributed by atoms with van der Waals surface area (Å²) in [5.41, 5.74) is 12.4. The van der Waals surface area contributed by atoms with Crippen molar-refractivity contribution in [3.05, 3.63) is 54.1 Å². The molecule has 0 unspecified atom stereocenters. The largest absolute Gasteiger partial charge is 0.490 e. The van der Waals surface area contributed by atoms with E-state index in [0.717, 1.165) is 5.75 Å². The number of nitrogen functional groups attached to an aromatic ring is 2. The summed E-state index contributed by atoms with van der Waals surface area (Å²) in [6.45, 7) is 0.433. The third-order valence-corrected chi connectivity index (χ3v) is 2.62. The van der Waals surface area contributed by atoms with Gasteiger partial charge in [-0.3, -0.25) is 0 Å². The highest BCUT2D eigenvalue weighted by molar-refractivity contribution is 5.95. The summed E-state index contributed by atoms with van der Waals surface area (Å²) in [5, 5.41) is 0. The Morgan fingerprint density at radius 1 is 1.00 bits per heavy atom. The molecule has 0 bridgehead atoms. The summed E-state index contributed by atoms with van der Waals surface area (Å²) >= 11 is 0. The second-order valence-corrected chi connectivity index (χ2v) is 4.14. The molecule has 0 aliphatic rings. The number of esters is 1. The normalized spacial score (nSPS) is 10.0. The molecule has 0 spiro atoms. The quantitative estimate of drug-likeness (QED) is 0.494. The van der Waals surface area contributed by atoms with Gasteiger partial charge in [0.05, 0.1) is 5.56 Å². The Labute approximate surface area is 117 Å². The SMILES string of the molecule is Nc1ccc(C(=O)OCCOc2ccccc2)c(N)c1. The van der Waals surface area contributed by atoms with Gasteiger partial charge in [0.15, 0.2) is 0 Å². The van der Waals surface area contributed by atoms with Crippen LogP contribution in [0.25, 0.3) is 0 Å². The molecule has 0 saturated carbocycles. The Kier molecular flexibility index (Phi) is 4.44. The number of ether oxygens (including phenoxy) is 2. The second-order valence-electron chi connectivity index (χ2n) is 4.14. The van der Waals surface area contributed by atoms with E-state index in [-0.39, 0.29) is 13.2 Å². The molecule has 104 valence electrons. The van der Waals surface area contributed by atoms with Crippen molar-refractivity contribution in [3.8, 4) is 5.75 Å². The number of nitrogens with two attached hydrogens (primary N) is 2. The van der Waals surface area contributed by atoms with Crippen LogP contribution in [0, 0.1) is 0 Å². The van der Waals surface area contributed by atoms with Gasteiger partial charge in [-0.1, -0.05) is 18.2 Å². The first kappa shape index (κ1) is 13.7. The fraction of sp³-hybridized carbons (Fsp3) is 0.133. The lowest BCUT2D eigenvalue weighted by molar-refractivity contribution is 0.0451. The van der Waals surface area contributed by atoms with Crippen LogP contribution in [0.1, 0.15) is 10.4 Å². The van der Waals surface area contributed by atoms with Crippen LogP contribution >= 0.6 is 0 Å². The average molecular weight is 272 g/mol. The molecule has 0 aliphatic heterocycles. The lowest BCUT2D eigenvalue weighted by Crippen LogP contribution is -2.13. The molecule has 0 fully saturated rings. The van der Waals surface area contributed by atoms with Gasteiger partial charge in [-0.25, -0.2) is 4.79 Å². The minimum absolute atomic E-state index is 0.150. The van der Waals surface area contributed by atoms with Gasteiger partial charge in [0, 0.05) is 11.4 Å². The first-order valence-corrected chi connectivity index (χ1v) is 6.17. The lowest BCUT2D eigenvalue weighted by atomic mass is 10.1. The highest BCUT2D eigenvalue weighted by atomic mass is 16.6. The summed E-state index contributed by atoms with van der Waals surface area (Å²) in [5.74, 6) is 0.245. The molecule has 0 aromatic heterocycles. The molecule has 0 radical (unpaired) electrons. The van der Waals surface area contributed by atoms with E-state index < -0.39 is 5.97 Å². The molecule has 2 rings (SSSR count). The maximum absolute atomic E-state index is 11.8. The molecule has 2 aromatic rings. The van der Waals surface area contributed by atoms with Crippen molar-refractivity contribution in [2.45, 2.75) is 0 Å². The highest BCUT2D eigenvalue weighted by Gasteiger charge is 2.11. The standard InChI is InChI=1S/C15H16N2O3/c16-11-6-7-13(14(17)10-11)15(18)20-9-8-19-12-4-2-1-3-5-12/h1-7,10H,8-9,16-17H2. The number of para-hydroxylation sites is 1. The number of anilines is 2. The van der Waals surface area contributed by atoms with Crippen molar-refractivity contribution < 1.29 is 14.3 Å².